The van der Waals surface area contributed by atoms with Crippen LogP contribution in [0.4, 0.5) is 10.6 Å². The summed E-state index contributed by atoms with van der Waals surface area (Å²) in [6.07, 6.45) is 3.19. The highest BCUT2D eigenvalue weighted by Crippen LogP contribution is 2.36. The Bertz CT molecular complexity index is 1760. The smallest absolute Gasteiger partial charge is 0.412 e. The number of imidazole rings is 1. The fourth-order valence-electron chi connectivity index (χ4n) is 4.77. The highest BCUT2D eigenvalue weighted by molar-refractivity contribution is 6.32. The van der Waals surface area contributed by atoms with Crippen molar-refractivity contribution in [1.29, 1.82) is 0 Å². The predicted molar refractivity (Wildman–Crippen MR) is 144 cm³/mol. The van der Waals surface area contributed by atoms with Crippen LogP contribution in [0.5, 0.6) is 0 Å². The molecule has 0 unspecified atom stereocenters. The van der Waals surface area contributed by atoms with Crippen molar-refractivity contribution in [3.8, 4) is 28.1 Å². The summed E-state index contributed by atoms with van der Waals surface area (Å²) in [7, 11) is 1.41. The van der Waals surface area contributed by atoms with E-state index in [0.717, 1.165) is 16.2 Å². The molecule has 1 aliphatic rings. The molecule has 1 aliphatic heterocycles. The first kappa shape index (κ1) is 24.8. The molecule has 14 heteroatoms. The van der Waals surface area contributed by atoms with Gasteiger partial charge in [0.25, 0.3) is 5.56 Å². The van der Waals surface area contributed by atoms with E-state index in [2.05, 4.69) is 30.5 Å². The predicted octanol–water partition coefficient (Wildman–Crippen LogP) is 4.23. The summed E-state index contributed by atoms with van der Waals surface area (Å²) in [5.41, 5.74) is 3.96. The topological polar surface area (TPSA) is 148 Å². The molecule has 1 aromatic carbocycles. The van der Waals surface area contributed by atoms with Crippen LogP contribution in [0.3, 0.4) is 0 Å². The molecular weight excluding hydrogens is 545 g/mol. The van der Waals surface area contributed by atoms with Crippen LogP contribution in [0, 0.1) is 0 Å². The Hall–Kier alpha value is -4.55. The monoisotopic (exact) mass is 563 g/mol. The number of carbonyl (C=O) groups is 1. The van der Waals surface area contributed by atoms with Crippen molar-refractivity contribution in [1.82, 2.24) is 39.7 Å². The first-order valence-electron chi connectivity index (χ1n) is 11.8. The maximum Gasteiger partial charge on any atom is 0.412 e. The average Bonchev–Trinajstić information content (AvgIpc) is 3.68. The number of aryl methyl sites for hydroxylation is 1. The Morgan fingerprint density at radius 2 is 2.00 bits per heavy atom. The minimum absolute atomic E-state index is 0.190. The molecule has 196 valence electrons. The summed E-state index contributed by atoms with van der Waals surface area (Å²) in [6.45, 7) is 0. The number of amides is 1. The Morgan fingerprint density at radius 3 is 2.72 bits per heavy atom. The standard InChI is InChI=1S/C25H19Cl2N9O3/c1-34(25(38)39)20-7-2-13(11-28-20)22-23(27)31-24(30-22)19-6-4-16-8-14(9-21(37)36(16)19)17-10-15(26)3-5-18(17)35-12-29-32-33-35/h2-3,5,7-12,19H,4,6H2,1H3,(H,30,31)(H,38,39)/t19-/m0/s1. The number of nitrogens with one attached hydrogen (secondary N) is 1. The number of H-pyrrole nitrogens is 1. The molecule has 0 bridgehead atoms. The van der Waals surface area contributed by atoms with E-state index < -0.39 is 6.09 Å². The van der Waals surface area contributed by atoms with Gasteiger partial charge in [0.15, 0.2) is 5.15 Å². The van der Waals surface area contributed by atoms with Crippen molar-refractivity contribution >= 4 is 35.1 Å². The zero-order valence-electron chi connectivity index (χ0n) is 20.3. The minimum Gasteiger partial charge on any atom is -0.465 e. The van der Waals surface area contributed by atoms with E-state index in [1.54, 1.807) is 41.0 Å². The molecule has 12 nitrogen and oxygen atoms in total. The van der Waals surface area contributed by atoms with Gasteiger partial charge in [-0.3, -0.25) is 9.69 Å². The van der Waals surface area contributed by atoms with Gasteiger partial charge < -0.3 is 14.7 Å². The highest BCUT2D eigenvalue weighted by Gasteiger charge is 2.29. The number of hydrogen-bond acceptors (Lipinski definition) is 7. The van der Waals surface area contributed by atoms with E-state index in [-0.39, 0.29) is 22.6 Å². The van der Waals surface area contributed by atoms with E-state index in [1.807, 2.05) is 6.07 Å². The number of hydrogen-bond donors (Lipinski definition) is 2. The number of aromatic amines is 1. The lowest BCUT2D eigenvalue weighted by molar-refractivity contribution is 0.203. The molecule has 1 atom stereocenters. The van der Waals surface area contributed by atoms with E-state index in [9.17, 15) is 9.59 Å². The largest absolute Gasteiger partial charge is 0.465 e. The van der Waals surface area contributed by atoms with Gasteiger partial charge in [-0.1, -0.05) is 23.2 Å². The number of nitrogens with zero attached hydrogens (tertiary/aromatic N) is 8. The van der Waals surface area contributed by atoms with Gasteiger partial charge in [0.05, 0.1) is 17.4 Å². The summed E-state index contributed by atoms with van der Waals surface area (Å²) in [6, 6.07) is 11.8. The molecule has 1 amide bonds. The summed E-state index contributed by atoms with van der Waals surface area (Å²) >= 11 is 12.8. The maximum atomic E-state index is 13.4. The molecule has 39 heavy (non-hydrogen) atoms. The van der Waals surface area contributed by atoms with Crippen molar-refractivity contribution < 1.29 is 9.90 Å². The number of pyridine rings is 2. The van der Waals surface area contributed by atoms with Crippen molar-refractivity contribution in [2.24, 2.45) is 0 Å². The zero-order chi connectivity index (χ0) is 27.3. The van der Waals surface area contributed by atoms with E-state index in [0.29, 0.717) is 46.2 Å². The Balaban J connectivity index is 1.35. The van der Waals surface area contributed by atoms with Crippen LogP contribution >= 0.6 is 23.2 Å². The molecule has 4 aromatic heterocycles. The molecular formula is C25H19Cl2N9O3. The Labute approximate surface area is 230 Å². The van der Waals surface area contributed by atoms with Crippen LogP contribution in [0.1, 0.15) is 24.0 Å². The zero-order valence-corrected chi connectivity index (χ0v) is 21.8. The third-order valence-electron chi connectivity index (χ3n) is 6.66. The van der Waals surface area contributed by atoms with Gasteiger partial charge in [-0.15, -0.1) is 5.10 Å². The highest BCUT2D eigenvalue weighted by atomic mass is 35.5. The van der Waals surface area contributed by atoms with Crippen molar-refractivity contribution in [2.75, 3.05) is 11.9 Å². The second kappa shape index (κ2) is 9.64. The Kier molecular flexibility index (Phi) is 6.12. The van der Waals surface area contributed by atoms with E-state index >= 15 is 0 Å². The van der Waals surface area contributed by atoms with Crippen LogP contribution in [-0.4, -0.2) is 58.0 Å². The summed E-state index contributed by atoms with van der Waals surface area (Å²) < 4.78 is 3.24. The number of benzene rings is 1. The van der Waals surface area contributed by atoms with Crippen LogP contribution in [0.15, 0.2) is 59.8 Å². The number of anilines is 1. The van der Waals surface area contributed by atoms with Gasteiger partial charge in [-0.2, -0.15) is 4.68 Å². The van der Waals surface area contributed by atoms with Gasteiger partial charge >= 0.3 is 6.09 Å². The molecule has 6 rings (SSSR count). The van der Waals surface area contributed by atoms with Crippen molar-refractivity contribution in [3.05, 3.63) is 87.0 Å². The molecule has 2 N–H and O–H groups in total. The molecule has 0 saturated carbocycles. The van der Waals surface area contributed by atoms with Gasteiger partial charge in [0, 0.05) is 41.2 Å². The normalized spacial score (nSPS) is 14.4. The quantitative estimate of drug-likeness (QED) is 0.322. The second-order valence-electron chi connectivity index (χ2n) is 8.95. The number of rotatable bonds is 5. The van der Waals surface area contributed by atoms with E-state index in [4.69, 9.17) is 28.3 Å². The number of aromatic nitrogens is 8. The summed E-state index contributed by atoms with van der Waals surface area (Å²) in [4.78, 5) is 37.6. The van der Waals surface area contributed by atoms with Gasteiger partial charge in [-0.25, -0.2) is 14.8 Å². The van der Waals surface area contributed by atoms with Gasteiger partial charge in [0.2, 0.25) is 0 Å². The first-order chi connectivity index (χ1) is 18.8. The summed E-state index contributed by atoms with van der Waals surface area (Å²) in [5, 5.41) is 21.3. The number of carboxylic acid groups (broad SMARTS) is 1. The molecule has 0 aliphatic carbocycles. The fourth-order valence-corrected chi connectivity index (χ4v) is 5.19. The lowest BCUT2D eigenvalue weighted by atomic mass is 10.0. The average molecular weight is 564 g/mol. The van der Waals surface area contributed by atoms with Crippen molar-refractivity contribution in [3.63, 3.8) is 0 Å². The molecule has 0 saturated heterocycles. The van der Waals surface area contributed by atoms with Gasteiger partial charge in [0.1, 0.15) is 18.0 Å². The number of fused-ring (bicyclic) bond motifs is 1. The molecule has 5 heterocycles. The third kappa shape index (κ3) is 4.43. The molecule has 0 radical (unpaired) electrons. The lowest BCUT2D eigenvalue weighted by Gasteiger charge is -2.15. The SMILES string of the molecule is CN(C(=O)O)c1ccc(-c2[nH]c([C@@H]3CCc4cc(-c5cc(Cl)ccc5-n5cnnn5)cc(=O)n43)nc2Cl)cn1. The summed E-state index contributed by atoms with van der Waals surface area (Å²) in [5.74, 6) is 0.824. The van der Waals surface area contributed by atoms with E-state index in [1.165, 1.54) is 24.3 Å². The molecule has 0 spiro atoms. The molecule has 5 aromatic rings. The minimum atomic E-state index is -1.12. The fraction of sp³-hybridized carbons (Fsp3) is 0.160. The maximum absolute atomic E-state index is 13.4. The van der Waals surface area contributed by atoms with Crippen LogP contribution in [-0.2, 0) is 6.42 Å². The van der Waals surface area contributed by atoms with Crippen LogP contribution in [0.2, 0.25) is 10.2 Å². The third-order valence-corrected chi connectivity index (χ3v) is 7.17. The molecule has 0 fully saturated rings. The Morgan fingerprint density at radius 1 is 1.15 bits per heavy atom. The van der Waals surface area contributed by atoms with Gasteiger partial charge in [-0.05, 0) is 65.2 Å². The number of tetrazole rings is 1. The second-order valence-corrected chi connectivity index (χ2v) is 9.74. The number of halogens is 2. The first-order valence-corrected chi connectivity index (χ1v) is 12.5. The van der Waals surface area contributed by atoms with Crippen molar-refractivity contribution in [2.45, 2.75) is 18.9 Å². The lowest BCUT2D eigenvalue weighted by Crippen LogP contribution is -2.24. The van der Waals surface area contributed by atoms with Crippen LogP contribution < -0.4 is 10.5 Å². The van der Waals surface area contributed by atoms with Crippen LogP contribution in [0.25, 0.3) is 28.1 Å².